The minimum atomic E-state index is -4.40. The number of nitrogens with one attached hydrogen (secondary N) is 1. The predicted octanol–water partition coefficient (Wildman–Crippen LogP) is 1.75. The Hall–Kier alpha value is -2.09. The topological polar surface area (TPSA) is 76.7 Å². The van der Waals surface area contributed by atoms with Gasteiger partial charge in [-0.2, -0.15) is 13.2 Å². The summed E-state index contributed by atoms with van der Waals surface area (Å²) in [4.78, 5) is 16.7. The van der Waals surface area contributed by atoms with Crippen LogP contribution in [-0.2, 0) is 15.8 Å². The summed E-state index contributed by atoms with van der Waals surface area (Å²) in [6, 6.07) is 4.14. The molecule has 1 aliphatic rings. The molecular formula is C12H12F3N3O2. The number of hydrogen-bond acceptors (Lipinski definition) is 4. The highest BCUT2D eigenvalue weighted by Crippen LogP contribution is 2.29. The van der Waals surface area contributed by atoms with Gasteiger partial charge in [-0.05, 0) is 24.3 Å². The third kappa shape index (κ3) is 3.27. The van der Waals surface area contributed by atoms with Crippen LogP contribution in [0.25, 0.3) is 0 Å². The van der Waals surface area contributed by atoms with Crippen molar-refractivity contribution in [3.8, 4) is 0 Å². The second-order valence-corrected chi connectivity index (χ2v) is 4.23. The van der Waals surface area contributed by atoms with E-state index in [1.54, 1.807) is 0 Å². The van der Waals surface area contributed by atoms with E-state index >= 15 is 0 Å². The quantitative estimate of drug-likeness (QED) is 0.889. The van der Waals surface area contributed by atoms with Crippen molar-refractivity contribution in [3.63, 3.8) is 0 Å². The van der Waals surface area contributed by atoms with Crippen LogP contribution in [0.5, 0.6) is 0 Å². The first-order valence-corrected chi connectivity index (χ1v) is 5.81. The lowest BCUT2D eigenvalue weighted by Gasteiger charge is -2.08. The van der Waals surface area contributed by atoms with Crippen molar-refractivity contribution in [2.24, 2.45) is 10.9 Å². The Bertz CT molecular complexity index is 526. The van der Waals surface area contributed by atoms with Crippen LogP contribution in [0.2, 0.25) is 0 Å². The smallest absolute Gasteiger partial charge is 0.390 e. The number of anilines is 1. The van der Waals surface area contributed by atoms with Gasteiger partial charge in [-0.25, -0.2) is 0 Å². The Morgan fingerprint density at radius 3 is 2.55 bits per heavy atom. The number of carbonyl (C=O) groups is 1. The number of hydrogen-bond donors (Lipinski definition) is 2. The van der Waals surface area contributed by atoms with E-state index < -0.39 is 17.6 Å². The minimum absolute atomic E-state index is 0.167. The van der Waals surface area contributed by atoms with Gasteiger partial charge in [0.25, 0.3) is 5.91 Å². The number of rotatable bonds is 3. The van der Waals surface area contributed by atoms with Gasteiger partial charge in [0.2, 0.25) is 0 Å². The van der Waals surface area contributed by atoms with Crippen molar-refractivity contribution in [2.45, 2.75) is 18.7 Å². The average Bonchev–Trinajstić information content (AvgIpc) is 2.87. The van der Waals surface area contributed by atoms with E-state index in [0.717, 1.165) is 12.1 Å². The van der Waals surface area contributed by atoms with E-state index in [4.69, 9.17) is 10.6 Å². The molecule has 0 aliphatic carbocycles. The Morgan fingerprint density at radius 2 is 2.05 bits per heavy atom. The number of halogens is 3. The van der Waals surface area contributed by atoms with Crippen LogP contribution < -0.4 is 11.1 Å². The number of alkyl halides is 3. The van der Waals surface area contributed by atoms with Crippen LogP contribution in [0.15, 0.2) is 29.4 Å². The van der Waals surface area contributed by atoms with Crippen molar-refractivity contribution in [2.75, 3.05) is 11.9 Å². The van der Waals surface area contributed by atoms with Gasteiger partial charge in [0.05, 0.1) is 5.56 Å². The molecule has 1 atom stereocenters. The molecule has 0 radical (unpaired) electrons. The first-order chi connectivity index (χ1) is 9.40. The second-order valence-electron chi connectivity index (χ2n) is 4.23. The summed E-state index contributed by atoms with van der Waals surface area (Å²) in [6.45, 7) is 0.237. The van der Waals surface area contributed by atoms with E-state index in [-0.39, 0.29) is 30.5 Å². The summed E-state index contributed by atoms with van der Waals surface area (Å²) in [5.74, 6) is -0.513. The lowest BCUT2D eigenvalue weighted by molar-refractivity contribution is -0.137. The lowest BCUT2D eigenvalue weighted by atomic mass is 10.1. The molecule has 0 saturated heterocycles. The lowest BCUT2D eigenvalue weighted by Crippen LogP contribution is -2.25. The molecule has 1 aliphatic heterocycles. The van der Waals surface area contributed by atoms with E-state index in [1.165, 1.54) is 12.1 Å². The van der Waals surface area contributed by atoms with Gasteiger partial charge in [-0.3, -0.25) is 4.79 Å². The standard InChI is InChI=1S/C12H12F3N3O2/c13-12(14,15)7-1-3-8(4-2-7)17-11(19)10-5-9(6-16)20-18-10/h1-4,9H,5-6,16H2,(H,17,19). The SMILES string of the molecule is NCC1CC(C(=O)Nc2ccc(C(F)(F)F)cc2)=NO1. The van der Waals surface area contributed by atoms with Crippen LogP contribution in [-0.4, -0.2) is 24.3 Å². The highest BCUT2D eigenvalue weighted by molar-refractivity contribution is 6.43. The molecule has 8 heteroatoms. The van der Waals surface area contributed by atoms with Crippen LogP contribution in [0.3, 0.4) is 0 Å². The van der Waals surface area contributed by atoms with Gasteiger partial charge in [-0.15, -0.1) is 0 Å². The molecule has 1 aromatic rings. The third-order valence-corrected chi connectivity index (χ3v) is 2.73. The molecule has 1 heterocycles. The molecule has 1 unspecified atom stereocenters. The maximum absolute atomic E-state index is 12.4. The summed E-state index contributed by atoms with van der Waals surface area (Å²) < 4.78 is 37.1. The van der Waals surface area contributed by atoms with Crippen molar-refractivity contribution < 1.29 is 22.8 Å². The van der Waals surface area contributed by atoms with Gasteiger partial charge in [-0.1, -0.05) is 5.16 Å². The summed E-state index contributed by atoms with van der Waals surface area (Å²) in [6.07, 6.45) is -4.45. The molecule has 0 bridgehead atoms. The highest BCUT2D eigenvalue weighted by atomic mass is 19.4. The first-order valence-electron chi connectivity index (χ1n) is 5.81. The van der Waals surface area contributed by atoms with E-state index in [0.29, 0.717) is 0 Å². The molecule has 108 valence electrons. The molecular weight excluding hydrogens is 275 g/mol. The maximum Gasteiger partial charge on any atom is 0.416 e. The summed E-state index contributed by atoms with van der Waals surface area (Å²) in [5, 5.41) is 6.03. The number of benzene rings is 1. The number of nitrogens with two attached hydrogens (primary N) is 1. The minimum Gasteiger partial charge on any atom is -0.390 e. The Morgan fingerprint density at radius 1 is 1.40 bits per heavy atom. The molecule has 0 spiro atoms. The largest absolute Gasteiger partial charge is 0.416 e. The van der Waals surface area contributed by atoms with E-state index in [1.807, 2.05) is 0 Å². The van der Waals surface area contributed by atoms with Gasteiger partial charge in [0, 0.05) is 18.7 Å². The van der Waals surface area contributed by atoms with Gasteiger partial charge in [0.1, 0.15) is 11.8 Å². The van der Waals surface area contributed by atoms with Gasteiger partial charge < -0.3 is 15.9 Å². The number of amides is 1. The third-order valence-electron chi connectivity index (χ3n) is 2.73. The van der Waals surface area contributed by atoms with Crippen molar-refractivity contribution in [1.82, 2.24) is 0 Å². The predicted molar refractivity (Wildman–Crippen MR) is 66.1 cm³/mol. The molecule has 2 rings (SSSR count). The van der Waals surface area contributed by atoms with Crippen LogP contribution in [0.4, 0.5) is 18.9 Å². The van der Waals surface area contributed by atoms with Gasteiger partial charge >= 0.3 is 6.18 Å². The van der Waals surface area contributed by atoms with Crippen molar-refractivity contribution >= 4 is 17.3 Å². The number of carbonyl (C=O) groups excluding carboxylic acids is 1. The number of nitrogens with zero attached hydrogens (tertiary/aromatic N) is 1. The molecule has 0 fully saturated rings. The summed E-state index contributed by atoms with van der Waals surface area (Å²) in [5.41, 5.74) is 5.01. The molecule has 3 N–H and O–H groups in total. The fourth-order valence-corrected chi connectivity index (χ4v) is 1.63. The van der Waals surface area contributed by atoms with Crippen LogP contribution >= 0.6 is 0 Å². The van der Waals surface area contributed by atoms with Crippen molar-refractivity contribution in [1.29, 1.82) is 0 Å². The van der Waals surface area contributed by atoms with Crippen molar-refractivity contribution in [3.05, 3.63) is 29.8 Å². The number of oxime groups is 1. The monoisotopic (exact) mass is 287 g/mol. The van der Waals surface area contributed by atoms with Crippen LogP contribution in [0, 0.1) is 0 Å². The zero-order valence-electron chi connectivity index (χ0n) is 10.3. The molecule has 20 heavy (non-hydrogen) atoms. The van der Waals surface area contributed by atoms with Gasteiger partial charge in [0.15, 0.2) is 0 Å². The first kappa shape index (κ1) is 14.3. The van der Waals surface area contributed by atoms with E-state index in [9.17, 15) is 18.0 Å². The van der Waals surface area contributed by atoms with E-state index in [2.05, 4.69) is 10.5 Å². The Labute approximate surface area is 112 Å². The summed E-state index contributed by atoms with van der Waals surface area (Å²) in [7, 11) is 0. The zero-order valence-corrected chi connectivity index (χ0v) is 10.3. The Kier molecular flexibility index (Phi) is 3.93. The second kappa shape index (κ2) is 5.49. The normalized spacial score (nSPS) is 18.4. The molecule has 0 aromatic heterocycles. The summed E-state index contributed by atoms with van der Waals surface area (Å²) >= 11 is 0. The molecule has 0 saturated carbocycles. The molecule has 1 amide bonds. The molecule has 5 nitrogen and oxygen atoms in total. The fourth-order valence-electron chi connectivity index (χ4n) is 1.63. The highest BCUT2D eigenvalue weighted by Gasteiger charge is 2.30. The van der Waals surface area contributed by atoms with Crippen LogP contribution in [0.1, 0.15) is 12.0 Å². The average molecular weight is 287 g/mol. The maximum atomic E-state index is 12.4. The fraction of sp³-hybridized carbons (Fsp3) is 0.333. The zero-order chi connectivity index (χ0) is 14.8. The molecule has 1 aromatic carbocycles. The Balaban J connectivity index is 1.99.